The van der Waals surface area contributed by atoms with E-state index in [1.54, 1.807) is 18.2 Å². The Balaban J connectivity index is 2.69. The normalized spacial score (nSPS) is 12.8. The first kappa shape index (κ1) is 19.7. The standard InChI is InChI=1S/C17H27ClN2O3/c1-5-14(10-21)19-9-12-8-13(18)6-7-15(12)23-11-16(22)20-17(2,3)4/h6-8,14,19,21H,5,9-11H2,1-4H3,(H,20,22). The maximum Gasteiger partial charge on any atom is 0.258 e. The topological polar surface area (TPSA) is 70.6 Å². The molecule has 0 aliphatic heterocycles. The number of aliphatic hydroxyl groups excluding tert-OH is 1. The van der Waals surface area contributed by atoms with Crippen LogP contribution in [0.1, 0.15) is 39.7 Å². The largest absolute Gasteiger partial charge is 0.483 e. The van der Waals surface area contributed by atoms with Crippen molar-refractivity contribution < 1.29 is 14.6 Å². The zero-order valence-corrected chi connectivity index (χ0v) is 15.0. The van der Waals surface area contributed by atoms with Gasteiger partial charge in [0.05, 0.1) is 6.61 Å². The van der Waals surface area contributed by atoms with E-state index in [4.69, 9.17) is 16.3 Å². The van der Waals surface area contributed by atoms with Gasteiger partial charge >= 0.3 is 0 Å². The molecule has 1 atom stereocenters. The summed E-state index contributed by atoms with van der Waals surface area (Å²) in [6.07, 6.45) is 0.821. The number of amides is 1. The van der Waals surface area contributed by atoms with E-state index in [9.17, 15) is 9.90 Å². The fraction of sp³-hybridized carbons (Fsp3) is 0.588. The van der Waals surface area contributed by atoms with Crippen molar-refractivity contribution in [1.82, 2.24) is 10.6 Å². The quantitative estimate of drug-likeness (QED) is 0.679. The molecule has 0 saturated carbocycles. The zero-order chi connectivity index (χ0) is 17.5. The van der Waals surface area contributed by atoms with Crippen LogP contribution in [0, 0.1) is 0 Å². The number of rotatable bonds is 8. The highest BCUT2D eigenvalue weighted by Gasteiger charge is 2.15. The Kier molecular flexibility index (Phi) is 7.82. The second-order valence-electron chi connectivity index (χ2n) is 6.51. The predicted molar refractivity (Wildman–Crippen MR) is 92.8 cm³/mol. The SMILES string of the molecule is CCC(CO)NCc1cc(Cl)ccc1OCC(=O)NC(C)(C)C. The molecule has 0 aliphatic carbocycles. The smallest absolute Gasteiger partial charge is 0.258 e. The van der Waals surface area contributed by atoms with Crippen molar-refractivity contribution in [2.24, 2.45) is 0 Å². The van der Waals surface area contributed by atoms with Gasteiger partial charge in [0, 0.05) is 28.7 Å². The highest BCUT2D eigenvalue weighted by molar-refractivity contribution is 6.30. The van der Waals surface area contributed by atoms with Crippen LogP contribution in [0.2, 0.25) is 5.02 Å². The second kappa shape index (κ2) is 9.11. The van der Waals surface area contributed by atoms with Gasteiger partial charge in [0.1, 0.15) is 5.75 Å². The van der Waals surface area contributed by atoms with Crippen LogP contribution in [0.25, 0.3) is 0 Å². The van der Waals surface area contributed by atoms with Gasteiger partial charge in [-0.1, -0.05) is 18.5 Å². The summed E-state index contributed by atoms with van der Waals surface area (Å²) >= 11 is 6.04. The van der Waals surface area contributed by atoms with Gasteiger partial charge in [-0.3, -0.25) is 4.79 Å². The third-order valence-corrected chi connectivity index (χ3v) is 3.43. The van der Waals surface area contributed by atoms with Crippen LogP contribution in [0.4, 0.5) is 0 Å². The molecule has 0 radical (unpaired) electrons. The maximum absolute atomic E-state index is 11.9. The lowest BCUT2D eigenvalue weighted by Crippen LogP contribution is -2.43. The fourth-order valence-electron chi connectivity index (χ4n) is 2.02. The Morgan fingerprint density at radius 2 is 2.09 bits per heavy atom. The molecule has 0 bridgehead atoms. The number of hydrogen-bond acceptors (Lipinski definition) is 4. The number of carbonyl (C=O) groups is 1. The Labute approximate surface area is 143 Å². The lowest BCUT2D eigenvalue weighted by Gasteiger charge is -2.21. The van der Waals surface area contributed by atoms with Crippen molar-refractivity contribution in [3.05, 3.63) is 28.8 Å². The van der Waals surface area contributed by atoms with E-state index in [1.165, 1.54) is 0 Å². The highest BCUT2D eigenvalue weighted by atomic mass is 35.5. The van der Waals surface area contributed by atoms with Crippen LogP contribution in [0.15, 0.2) is 18.2 Å². The summed E-state index contributed by atoms with van der Waals surface area (Å²) in [7, 11) is 0. The molecular formula is C17H27ClN2O3. The summed E-state index contributed by atoms with van der Waals surface area (Å²) in [4.78, 5) is 11.9. The summed E-state index contributed by atoms with van der Waals surface area (Å²) in [6.45, 7) is 8.28. The summed E-state index contributed by atoms with van der Waals surface area (Å²) in [5, 5.41) is 15.9. The first-order valence-corrected chi connectivity index (χ1v) is 8.19. The van der Waals surface area contributed by atoms with Crippen molar-refractivity contribution in [2.45, 2.75) is 52.2 Å². The van der Waals surface area contributed by atoms with Crippen LogP contribution in [-0.2, 0) is 11.3 Å². The predicted octanol–water partition coefficient (Wildman–Crippen LogP) is 2.49. The van der Waals surface area contributed by atoms with Crippen LogP contribution in [0.3, 0.4) is 0 Å². The van der Waals surface area contributed by atoms with E-state index in [0.29, 0.717) is 17.3 Å². The summed E-state index contributed by atoms with van der Waals surface area (Å²) in [6, 6.07) is 5.30. The molecule has 0 heterocycles. The lowest BCUT2D eigenvalue weighted by atomic mass is 10.1. The average molecular weight is 343 g/mol. The van der Waals surface area contributed by atoms with Gasteiger partial charge in [0.2, 0.25) is 0 Å². The Bertz CT molecular complexity index is 511. The average Bonchev–Trinajstić information content (AvgIpc) is 2.45. The van der Waals surface area contributed by atoms with Gasteiger partial charge in [-0.15, -0.1) is 0 Å². The highest BCUT2D eigenvalue weighted by Crippen LogP contribution is 2.23. The van der Waals surface area contributed by atoms with Crippen LogP contribution >= 0.6 is 11.6 Å². The number of nitrogens with one attached hydrogen (secondary N) is 2. The van der Waals surface area contributed by atoms with Crippen molar-refractivity contribution in [3.63, 3.8) is 0 Å². The molecule has 23 heavy (non-hydrogen) atoms. The van der Waals surface area contributed by atoms with Gasteiger partial charge in [0.15, 0.2) is 6.61 Å². The molecule has 0 aliphatic rings. The first-order chi connectivity index (χ1) is 10.7. The monoisotopic (exact) mass is 342 g/mol. The number of ether oxygens (including phenoxy) is 1. The lowest BCUT2D eigenvalue weighted by molar-refractivity contribution is -0.124. The molecule has 1 aromatic carbocycles. The molecule has 5 nitrogen and oxygen atoms in total. The van der Waals surface area contributed by atoms with E-state index in [-0.39, 0.29) is 30.7 Å². The molecule has 1 unspecified atom stereocenters. The molecule has 130 valence electrons. The first-order valence-electron chi connectivity index (χ1n) is 7.81. The van der Waals surface area contributed by atoms with Gasteiger partial charge in [-0.25, -0.2) is 0 Å². The van der Waals surface area contributed by atoms with E-state index in [0.717, 1.165) is 12.0 Å². The van der Waals surface area contributed by atoms with Crippen LogP contribution in [0.5, 0.6) is 5.75 Å². The number of halogens is 1. The van der Waals surface area contributed by atoms with Crippen molar-refractivity contribution in [3.8, 4) is 5.75 Å². The van der Waals surface area contributed by atoms with Gasteiger partial charge in [0.25, 0.3) is 5.91 Å². The Morgan fingerprint density at radius 3 is 2.65 bits per heavy atom. The number of benzene rings is 1. The third kappa shape index (κ3) is 7.68. The molecule has 1 aromatic rings. The number of aliphatic hydroxyl groups is 1. The molecule has 3 N–H and O–H groups in total. The van der Waals surface area contributed by atoms with Gasteiger partial charge < -0.3 is 20.5 Å². The molecule has 0 saturated heterocycles. The van der Waals surface area contributed by atoms with Gasteiger partial charge in [-0.2, -0.15) is 0 Å². The van der Waals surface area contributed by atoms with E-state index < -0.39 is 0 Å². The molecule has 0 spiro atoms. The molecule has 1 rings (SSSR count). The second-order valence-corrected chi connectivity index (χ2v) is 6.94. The maximum atomic E-state index is 11.9. The fourth-order valence-corrected chi connectivity index (χ4v) is 2.21. The minimum Gasteiger partial charge on any atom is -0.483 e. The van der Waals surface area contributed by atoms with E-state index in [1.807, 2.05) is 27.7 Å². The van der Waals surface area contributed by atoms with Crippen LogP contribution in [-0.4, -0.2) is 35.8 Å². The summed E-state index contributed by atoms with van der Waals surface area (Å²) < 4.78 is 5.63. The molecular weight excluding hydrogens is 316 g/mol. The van der Waals surface area contributed by atoms with Crippen molar-refractivity contribution in [1.29, 1.82) is 0 Å². The van der Waals surface area contributed by atoms with Gasteiger partial charge in [-0.05, 0) is 45.4 Å². The van der Waals surface area contributed by atoms with E-state index in [2.05, 4.69) is 10.6 Å². The minimum atomic E-state index is -0.291. The molecule has 0 aromatic heterocycles. The van der Waals surface area contributed by atoms with E-state index >= 15 is 0 Å². The molecule has 6 heteroatoms. The summed E-state index contributed by atoms with van der Waals surface area (Å²) in [5.74, 6) is 0.437. The van der Waals surface area contributed by atoms with Crippen molar-refractivity contribution in [2.75, 3.05) is 13.2 Å². The Hall–Kier alpha value is -1.30. The zero-order valence-electron chi connectivity index (χ0n) is 14.3. The number of carbonyl (C=O) groups excluding carboxylic acids is 1. The molecule has 0 fully saturated rings. The number of hydrogen-bond donors (Lipinski definition) is 3. The third-order valence-electron chi connectivity index (χ3n) is 3.19. The summed E-state index contributed by atoms with van der Waals surface area (Å²) in [5.41, 5.74) is 0.563. The molecule has 1 amide bonds. The Morgan fingerprint density at radius 1 is 1.39 bits per heavy atom. The minimum absolute atomic E-state index is 0.0195. The van der Waals surface area contributed by atoms with Crippen LogP contribution < -0.4 is 15.4 Å². The van der Waals surface area contributed by atoms with Crippen molar-refractivity contribution >= 4 is 17.5 Å².